The molecule has 6 heteroatoms. The molecule has 114 valence electrons. The molecule has 1 aliphatic rings. The number of aromatic nitrogens is 2. The third-order valence-electron chi connectivity index (χ3n) is 3.92. The summed E-state index contributed by atoms with van der Waals surface area (Å²) in [7, 11) is 4.31. The van der Waals surface area contributed by atoms with Crippen molar-refractivity contribution >= 4 is 0 Å². The molecule has 0 spiro atoms. The van der Waals surface area contributed by atoms with E-state index in [4.69, 9.17) is 10.3 Å². The minimum absolute atomic E-state index is 0.150. The van der Waals surface area contributed by atoms with Gasteiger partial charge in [-0.3, -0.25) is 0 Å². The highest BCUT2D eigenvalue weighted by molar-refractivity contribution is 4.96. The average molecular weight is 281 g/mol. The van der Waals surface area contributed by atoms with E-state index in [1.165, 1.54) is 0 Å². The summed E-state index contributed by atoms with van der Waals surface area (Å²) < 4.78 is 5.31. The van der Waals surface area contributed by atoms with Crippen molar-refractivity contribution in [1.29, 1.82) is 0 Å². The van der Waals surface area contributed by atoms with E-state index < -0.39 is 0 Å². The zero-order chi connectivity index (χ0) is 14.7. The Morgan fingerprint density at radius 3 is 2.80 bits per heavy atom. The molecule has 1 aliphatic heterocycles. The van der Waals surface area contributed by atoms with Crippen LogP contribution in [0.5, 0.6) is 0 Å². The summed E-state index contributed by atoms with van der Waals surface area (Å²) in [5.74, 6) is 1.87. The average Bonchev–Trinajstić information content (AvgIpc) is 2.82. The van der Waals surface area contributed by atoms with Crippen molar-refractivity contribution in [3.05, 3.63) is 11.7 Å². The summed E-state index contributed by atoms with van der Waals surface area (Å²) in [6.07, 6.45) is 1.69. The number of nitrogens with two attached hydrogens (primary N) is 1. The van der Waals surface area contributed by atoms with E-state index in [1.54, 1.807) is 0 Å². The van der Waals surface area contributed by atoms with Gasteiger partial charge in [-0.25, -0.2) is 0 Å². The van der Waals surface area contributed by atoms with Crippen LogP contribution < -0.4 is 5.73 Å². The summed E-state index contributed by atoms with van der Waals surface area (Å²) in [5.41, 5.74) is 6.08. The van der Waals surface area contributed by atoms with Crippen molar-refractivity contribution in [3.63, 3.8) is 0 Å². The first-order valence-corrected chi connectivity index (χ1v) is 7.42. The highest BCUT2D eigenvalue weighted by atomic mass is 16.5. The maximum absolute atomic E-state index is 6.08. The quantitative estimate of drug-likeness (QED) is 0.865. The lowest BCUT2D eigenvalue weighted by Crippen LogP contribution is -2.50. The van der Waals surface area contributed by atoms with Crippen molar-refractivity contribution in [2.24, 2.45) is 11.7 Å². The Bertz CT molecular complexity index is 419. The van der Waals surface area contributed by atoms with Gasteiger partial charge in [-0.15, -0.1) is 0 Å². The minimum atomic E-state index is -0.150. The lowest BCUT2D eigenvalue weighted by Gasteiger charge is -2.37. The molecule has 2 N–H and O–H groups in total. The van der Waals surface area contributed by atoms with Crippen molar-refractivity contribution in [2.45, 2.75) is 38.8 Å². The lowest BCUT2D eigenvalue weighted by atomic mass is 10.0. The van der Waals surface area contributed by atoms with Gasteiger partial charge < -0.3 is 20.1 Å². The molecular weight excluding hydrogens is 254 g/mol. The molecule has 1 aromatic heterocycles. The molecule has 6 nitrogen and oxygen atoms in total. The van der Waals surface area contributed by atoms with E-state index in [0.717, 1.165) is 38.3 Å². The van der Waals surface area contributed by atoms with E-state index in [0.29, 0.717) is 17.9 Å². The second-order valence-corrected chi connectivity index (χ2v) is 6.39. The van der Waals surface area contributed by atoms with Crippen molar-refractivity contribution in [3.8, 4) is 0 Å². The SMILES string of the molecule is CC(C)CC(N)c1nc(CC2CN(C)CCN2C)no1. The molecule has 0 radical (unpaired) electrons. The number of likely N-dealkylation sites (N-methyl/N-ethyl adjacent to an activating group) is 2. The molecule has 2 rings (SSSR count). The number of nitrogens with zero attached hydrogens (tertiary/aromatic N) is 4. The molecule has 2 atom stereocenters. The molecule has 0 aliphatic carbocycles. The zero-order valence-corrected chi connectivity index (χ0v) is 13.0. The van der Waals surface area contributed by atoms with E-state index in [1.807, 2.05) is 0 Å². The molecule has 0 aromatic carbocycles. The zero-order valence-electron chi connectivity index (χ0n) is 13.0. The van der Waals surface area contributed by atoms with Crippen LogP contribution in [0.3, 0.4) is 0 Å². The number of rotatable bonds is 5. The standard InChI is InChI=1S/C14H27N5O/c1-10(2)7-12(15)14-16-13(17-20-14)8-11-9-18(3)5-6-19(11)4/h10-12H,5-9,15H2,1-4H3. The number of hydrogen-bond acceptors (Lipinski definition) is 6. The maximum atomic E-state index is 6.08. The summed E-state index contributed by atoms with van der Waals surface area (Å²) in [5, 5.41) is 4.09. The van der Waals surface area contributed by atoms with Crippen LogP contribution in [0.2, 0.25) is 0 Å². The minimum Gasteiger partial charge on any atom is -0.338 e. The Morgan fingerprint density at radius 1 is 1.35 bits per heavy atom. The normalized spacial score (nSPS) is 23.4. The largest absolute Gasteiger partial charge is 0.338 e. The maximum Gasteiger partial charge on any atom is 0.243 e. The first kappa shape index (κ1) is 15.4. The van der Waals surface area contributed by atoms with Crippen LogP contribution in [-0.4, -0.2) is 59.7 Å². The summed E-state index contributed by atoms with van der Waals surface area (Å²) in [6.45, 7) is 7.52. The van der Waals surface area contributed by atoms with E-state index in [9.17, 15) is 0 Å². The molecule has 20 heavy (non-hydrogen) atoms. The highest BCUT2D eigenvalue weighted by Crippen LogP contribution is 2.18. The Balaban J connectivity index is 1.95. The third-order valence-corrected chi connectivity index (χ3v) is 3.92. The Morgan fingerprint density at radius 2 is 2.10 bits per heavy atom. The second-order valence-electron chi connectivity index (χ2n) is 6.39. The molecule has 0 bridgehead atoms. The van der Waals surface area contributed by atoms with Gasteiger partial charge >= 0.3 is 0 Å². The fraction of sp³-hybridized carbons (Fsp3) is 0.857. The van der Waals surface area contributed by atoms with E-state index in [2.05, 4.69) is 47.9 Å². The number of piperazine rings is 1. The first-order valence-electron chi connectivity index (χ1n) is 7.42. The van der Waals surface area contributed by atoms with Crippen LogP contribution in [-0.2, 0) is 6.42 Å². The Labute approximate surface area is 121 Å². The van der Waals surface area contributed by atoms with Crippen LogP contribution in [0.15, 0.2) is 4.52 Å². The monoisotopic (exact) mass is 281 g/mol. The predicted octanol–water partition coefficient (Wildman–Crippen LogP) is 0.904. The van der Waals surface area contributed by atoms with Gasteiger partial charge in [-0.1, -0.05) is 19.0 Å². The van der Waals surface area contributed by atoms with Crippen LogP contribution in [0.1, 0.15) is 38.0 Å². The highest BCUT2D eigenvalue weighted by Gasteiger charge is 2.25. The third kappa shape index (κ3) is 4.01. The summed E-state index contributed by atoms with van der Waals surface area (Å²) in [4.78, 5) is 9.18. The predicted molar refractivity (Wildman–Crippen MR) is 78.3 cm³/mol. The van der Waals surface area contributed by atoms with Gasteiger partial charge in [0.2, 0.25) is 5.89 Å². The summed E-state index contributed by atoms with van der Waals surface area (Å²) >= 11 is 0. The van der Waals surface area contributed by atoms with Crippen LogP contribution in [0.25, 0.3) is 0 Å². The van der Waals surface area contributed by atoms with Gasteiger partial charge in [0.15, 0.2) is 5.82 Å². The summed E-state index contributed by atoms with van der Waals surface area (Å²) in [6, 6.07) is 0.295. The lowest BCUT2D eigenvalue weighted by molar-refractivity contribution is 0.113. The fourth-order valence-corrected chi connectivity index (χ4v) is 2.64. The molecule has 1 saturated heterocycles. The van der Waals surface area contributed by atoms with Crippen LogP contribution in [0, 0.1) is 5.92 Å². The molecule has 2 unspecified atom stereocenters. The van der Waals surface area contributed by atoms with Gasteiger partial charge in [-0.2, -0.15) is 4.98 Å². The topological polar surface area (TPSA) is 71.4 Å². The van der Waals surface area contributed by atoms with Crippen molar-refractivity contribution in [1.82, 2.24) is 19.9 Å². The number of hydrogen-bond donors (Lipinski definition) is 1. The fourth-order valence-electron chi connectivity index (χ4n) is 2.64. The molecule has 0 amide bonds. The van der Waals surface area contributed by atoms with Gasteiger partial charge in [0, 0.05) is 32.1 Å². The van der Waals surface area contributed by atoms with Crippen molar-refractivity contribution in [2.75, 3.05) is 33.7 Å². The van der Waals surface area contributed by atoms with Crippen LogP contribution in [0.4, 0.5) is 0 Å². The van der Waals surface area contributed by atoms with E-state index in [-0.39, 0.29) is 6.04 Å². The van der Waals surface area contributed by atoms with Gasteiger partial charge in [0.05, 0.1) is 6.04 Å². The van der Waals surface area contributed by atoms with E-state index >= 15 is 0 Å². The molecular formula is C14H27N5O. The Kier molecular flexibility index (Phi) is 5.12. The van der Waals surface area contributed by atoms with Gasteiger partial charge in [-0.05, 0) is 26.4 Å². The van der Waals surface area contributed by atoms with Gasteiger partial charge in [0.25, 0.3) is 0 Å². The molecule has 1 fully saturated rings. The second kappa shape index (κ2) is 6.65. The van der Waals surface area contributed by atoms with Crippen LogP contribution >= 0.6 is 0 Å². The smallest absolute Gasteiger partial charge is 0.243 e. The first-order chi connectivity index (χ1) is 9.45. The molecule has 0 saturated carbocycles. The molecule has 2 heterocycles. The van der Waals surface area contributed by atoms with Gasteiger partial charge in [0.1, 0.15) is 0 Å². The Hall–Kier alpha value is -0.980. The molecule has 1 aromatic rings. The van der Waals surface area contributed by atoms with Crippen molar-refractivity contribution < 1.29 is 4.52 Å².